The van der Waals surface area contributed by atoms with Gasteiger partial charge < -0.3 is 4.98 Å². The standard InChI is InChI=1S/C12H18N2OS/c1-2-9-10(8-6-4-3-5-7-8)13-12(16)14-11(9)15/h8H,2-7H2,1H3,(H2,13,14,15,16). The van der Waals surface area contributed by atoms with Crippen LogP contribution in [0, 0.1) is 4.77 Å². The third kappa shape index (κ3) is 2.26. The lowest BCUT2D eigenvalue weighted by Crippen LogP contribution is -2.20. The Hall–Kier alpha value is -0.900. The zero-order valence-electron chi connectivity index (χ0n) is 9.64. The Morgan fingerprint density at radius 1 is 1.25 bits per heavy atom. The Balaban J connectivity index is 2.45. The van der Waals surface area contributed by atoms with Gasteiger partial charge in [0.1, 0.15) is 0 Å². The molecule has 1 fully saturated rings. The second-order valence-electron chi connectivity index (χ2n) is 4.49. The van der Waals surface area contributed by atoms with Crippen molar-refractivity contribution < 1.29 is 0 Å². The molecule has 0 atom stereocenters. The summed E-state index contributed by atoms with van der Waals surface area (Å²) in [6.07, 6.45) is 6.99. The highest BCUT2D eigenvalue weighted by Crippen LogP contribution is 2.32. The first-order valence-electron chi connectivity index (χ1n) is 6.07. The molecule has 1 saturated carbocycles. The van der Waals surface area contributed by atoms with Crippen LogP contribution >= 0.6 is 12.2 Å². The van der Waals surface area contributed by atoms with E-state index in [-0.39, 0.29) is 5.56 Å². The van der Waals surface area contributed by atoms with E-state index >= 15 is 0 Å². The Morgan fingerprint density at radius 3 is 2.56 bits per heavy atom. The lowest BCUT2D eigenvalue weighted by atomic mass is 9.85. The maximum absolute atomic E-state index is 11.8. The number of aromatic amines is 2. The summed E-state index contributed by atoms with van der Waals surface area (Å²) in [5, 5.41) is 0. The monoisotopic (exact) mass is 238 g/mol. The molecule has 0 saturated heterocycles. The van der Waals surface area contributed by atoms with E-state index in [1.54, 1.807) is 0 Å². The van der Waals surface area contributed by atoms with Crippen LogP contribution in [0.5, 0.6) is 0 Å². The highest BCUT2D eigenvalue weighted by Gasteiger charge is 2.20. The summed E-state index contributed by atoms with van der Waals surface area (Å²) in [7, 11) is 0. The highest BCUT2D eigenvalue weighted by atomic mass is 32.1. The van der Waals surface area contributed by atoms with Crippen molar-refractivity contribution in [3.63, 3.8) is 0 Å². The van der Waals surface area contributed by atoms with E-state index in [0.29, 0.717) is 10.7 Å². The predicted octanol–water partition coefficient (Wildman–Crippen LogP) is 3.04. The first-order valence-corrected chi connectivity index (χ1v) is 6.48. The maximum atomic E-state index is 11.8. The molecular formula is C12H18N2OS. The topological polar surface area (TPSA) is 48.6 Å². The molecule has 1 aromatic heterocycles. The molecule has 1 aliphatic rings. The second kappa shape index (κ2) is 4.95. The van der Waals surface area contributed by atoms with Crippen molar-refractivity contribution in [1.82, 2.24) is 9.97 Å². The van der Waals surface area contributed by atoms with Gasteiger partial charge in [0.05, 0.1) is 0 Å². The van der Waals surface area contributed by atoms with Crippen LogP contribution in [-0.4, -0.2) is 9.97 Å². The number of hydrogen-bond acceptors (Lipinski definition) is 2. The van der Waals surface area contributed by atoms with Crippen molar-refractivity contribution in [2.45, 2.75) is 51.4 Å². The molecule has 2 rings (SSSR count). The first-order chi connectivity index (χ1) is 7.72. The fourth-order valence-corrected chi connectivity index (χ4v) is 2.82. The summed E-state index contributed by atoms with van der Waals surface area (Å²) in [4.78, 5) is 17.7. The molecule has 1 aliphatic carbocycles. The van der Waals surface area contributed by atoms with Crippen molar-refractivity contribution >= 4 is 12.2 Å². The van der Waals surface area contributed by atoms with Crippen LogP contribution in [0.25, 0.3) is 0 Å². The zero-order chi connectivity index (χ0) is 11.5. The van der Waals surface area contributed by atoms with E-state index in [0.717, 1.165) is 17.7 Å². The number of aromatic nitrogens is 2. The molecule has 0 radical (unpaired) electrons. The van der Waals surface area contributed by atoms with Crippen LogP contribution in [0.4, 0.5) is 0 Å². The second-order valence-corrected chi connectivity index (χ2v) is 4.90. The van der Waals surface area contributed by atoms with Gasteiger partial charge in [0.15, 0.2) is 4.77 Å². The van der Waals surface area contributed by atoms with E-state index < -0.39 is 0 Å². The lowest BCUT2D eigenvalue weighted by molar-refractivity contribution is 0.433. The quantitative estimate of drug-likeness (QED) is 0.778. The lowest BCUT2D eigenvalue weighted by Gasteiger charge is -2.23. The molecule has 3 nitrogen and oxygen atoms in total. The van der Waals surface area contributed by atoms with Crippen LogP contribution < -0.4 is 5.56 Å². The molecule has 0 spiro atoms. The zero-order valence-corrected chi connectivity index (χ0v) is 10.5. The summed E-state index contributed by atoms with van der Waals surface area (Å²) in [6, 6.07) is 0. The third-order valence-electron chi connectivity index (χ3n) is 3.44. The largest absolute Gasteiger partial charge is 0.335 e. The predicted molar refractivity (Wildman–Crippen MR) is 67.5 cm³/mol. The van der Waals surface area contributed by atoms with Crippen molar-refractivity contribution in [3.05, 3.63) is 26.4 Å². The van der Waals surface area contributed by atoms with E-state index in [9.17, 15) is 4.79 Å². The average Bonchev–Trinajstić information content (AvgIpc) is 2.29. The molecule has 0 aliphatic heterocycles. The number of hydrogen-bond donors (Lipinski definition) is 2. The van der Waals surface area contributed by atoms with Crippen molar-refractivity contribution in [2.75, 3.05) is 0 Å². The van der Waals surface area contributed by atoms with Gasteiger partial charge in [-0.15, -0.1) is 0 Å². The highest BCUT2D eigenvalue weighted by molar-refractivity contribution is 7.71. The summed E-state index contributed by atoms with van der Waals surface area (Å²) < 4.78 is 0.461. The van der Waals surface area contributed by atoms with Crippen molar-refractivity contribution in [3.8, 4) is 0 Å². The summed E-state index contributed by atoms with van der Waals surface area (Å²) in [5.41, 5.74) is 1.98. The van der Waals surface area contributed by atoms with Gasteiger partial charge in [-0.1, -0.05) is 26.2 Å². The van der Waals surface area contributed by atoms with Crippen LogP contribution in [0.1, 0.15) is 56.2 Å². The number of H-pyrrole nitrogens is 2. The normalized spacial score (nSPS) is 17.6. The van der Waals surface area contributed by atoms with E-state index in [1.807, 2.05) is 6.92 Å². The van der Waals surface area contributed by atoms with Gasteiger partial charge in [-0.3, -0.25) is 9.78 Å². The van der Waals surface area contributed by atoms with Gasteiger partial charge in [0, 0.05) is 11.3 Å². The van der Waals surface area contributed by atoms with Crippen LogP contribution in [0.2, 0.25) is 0 Å². The molecule has 4 heteroatoms. The Bertz CT molecular complexity index is 469. The minimum Gasteiger partial charge on any atom is -0.335 e. The minimum atomic E-state index is -0.00757. The van der Waals surface area contributed by atoms with Gasteiger partial charge in [-0.2, -0.15) is 0 Å². The molecule has 0 unspecified atom stereocenters. The van der Waals surface area contributed by atoms with E-state index in [2.05, 4.69) is 9.97 Å². The number of nitrogens with one attached hydrogen (secondary N) is 2. The molecule has 0 amide bonds. The molecule has 1 heterocycles. The van der Waals surface area contributed by atoms with Crippen molar-refractivity contribution in [2.24, 2.45) is 0 Å². The summed E-state index contributed by atoms with van der Waals surface area (Å²) >= 11 is 5.05. The average molecular weight is 238 g/mol. The fraction of sp³-hybridized carbons (Fsp3) is 0.667. The molecular weight excluding hydrogens is 220 g/mol. The van der Waals surface area contributed by atoms with Crippen LogP contribution in [0.15, 0.2) is 4.79 Å². The van der Waals surface area contributed by atoms with Gasteiger partial charge in [0.2, 0.25) is 0 Å². The smallest absolute Gasteiger partial charge is 0.255 e. The molecule has 2 N–H and O–H groups in total. The Kier molecular flexibility index (Phi) is 3.59. The fourth-order valence-electron chi connectivity index (χ4n) is 2.62. The number of rotatable bonds is 2. The first kappa shape index (κ1) is 11.6. The molecule has 16 heavy (non-hydrogen) atoms. The Labute approximate surface area is 100 Å². The maximum Gasteiger partial charge on any atom is 0.255 e. The van der Waals surface area contributed by atoms with Crippen LogP contribution in [-0.2, 0) is 6.42 Å². The van der Waals surface area contributed by atoms with Gasteiger partial charge in [-0.25, -0.2) is 0 Å². The summed E-state index contributed by atoms with van der Waals surface area (Å²) in [6.45, 7) is 2.02. The van der Waals surface area contributed by atoms with Crippen LogP contribution in [0.3, 0.4) is 0 Å². The van der Waals surface area contributed by atoms with Gasteiger partial charge in [0.25, 0.3) is 5.56 Å². The van der Waals surface area contributed by atoms with Gasteiger partial charge in [-0.05, 0) is 37.4 Å². The van der Waals surface area contributed by atoms with E-state index in [1.165, 1.54) is 32.1 Å². The van der Waals surface area contributed by atoms with Crippen molar-refractivity contribution in [1.29, 1.82) is 0 Å². The minimum absolute atomic E-state index is 0.00757. The molecule has 0 aromatic carbocycles. The van der Waals surface area contributed by atoms with E-state index in [4.69, 9.17) is 12.2 Å². The SMILES string of the molecule is CCc1c(C2CCCCC2)[nH]c(=S)[nH]c1=O. The molecule has 0 bridgehead atoms. The Morgan fingerprint density at radius 2 is 1.94 bits per heavy atom. The molecule has 1 aromatic rings. The summed E-state index contributed by atoms with van der Waals surface area (Å²) in [5.74, 6) is 0.507. The molecule has 88 valence electrons. The third-order valence-corrected chi connectivity index (χ3v) is 3.65. The van der Waals surface area contributed by atoms with Gasteiger partial charge >= 0.3 is 0 Å².